The Balaban J connectivity index is 2.29. The Kier molecular flexibility index (Phi) is 5.83. The third kappa shape index (κ3) is 4.34. The molecule has 2 rings (SSSR count). The summed E-state index contributed by atoms with van der Waals surface area (Å²) in [6.45, 7) is 3.14. The molecule has 6 heteroatoms. The molecule has 21 heavy (non-hydrogen) atoms. The van der Waals surface area contributed by atoms with Gasteiger partial charge < -0.3 is 14.8 Å². The standard InChI is InChI=1S/C15H19N3O2S/c1-4-16-13-9-15(18-14(17-13)10-19-2)20-11-7-5-6-8-12(11)21-3/h5-9H,4,10H2,1-3H3,(H,16,17,18). The van der Waals surface area contributed by atoms with E-state index >= 15 is 0 Å². The Labute approximate surface area is 129 Å². The van der Waals surface area contributed by atoms with Crippen LogP contribution in [-0.2, 0) is 11.3 Å². The number of benzene rings is 1. The summed E-state index contributed by atoms with van der Waals surface area (Å²) in [5.74, 6) is 2.62. The summed E-state index contributed by atoms with van der Waals surface area (Å²) >= 11 is 1.63. The first kappa shape index (κ1) is 15.6. The van der Waals surface area contributed by atoms with Gasteiger partial charge in [0.2, 0.25) is 5.88 Å². The Hall–Kier alpha value is -1.79. The number of hydrogen-bond donors (Lipinski definition) is 1. The maximum absolute atomic E-state index is 5.91. The topological polar surface area (TPSA) is 56.3 Å². The highest BCUT2D eigenvalue weighted by molar-refractivity contribution is 7.98. The number of hydrogen-bond acceptors (Lipinski definition) is 6. The van der Waals surface area contributed by atoms with Crippen LogP contribution in [0.3, 0.4) is 0 Å². The second-order valence-electron chi connectivity index (χ2n) is 4.22. The maximum atomic E-state index is 5.91. The largest absolute Gasteiger partial charge is 0.438 e. The summed E-state index contributed by atoms with van der Waals surface area (Å²) in [5, 5.41) is 3.17. The lowest BCUT2D eigenvalue weighted by molar-refractivity contribution is 0.177. The second kappa shape index (κ2) is 7.85. The molecule has 0 fully saturated rings. The van der Waals surface area contributed by atoms with E-state index in [-0.39, 0.29) is 0 Å². The van der Waals surface area contributed by atoms with Crippen LogP contribution in [0.2, 0.25) is 0 Å². The van der Waals surface area contributed by atoms with E-state index in [1.165, 1.54) is 0 Å². The average molecular weight is 305 g/mol. The zero-order valence-corrected chi connectivity index (χ0v) is 13.2. The van der Waals surface area contributed by atoms with Crippen molar-refractivity contribution in [1.82, 2.24) is 9.97 Å². The first-order valence-corrected chi connectivity index (χ1v) is 7.91. The molecule has 0 amide bonds. The van der Waals surface area contributed by atoms with Gasteiger partial charge in [-0.05, 0) is 25.3 Å². The lowest BCUT2D eigenvalue weighted by atomic mass is 10.3. The van der Waals surface area contributed by atoms with E-state index in [0.29, 0.717) is 18.3 Å². The number of nitrogens with one attached hydrogen (secondary N) is 1. The van der Waals surface area contributed by atoms with Crippen LogP contribution in [-0.4, -0.2) is 29.9 Å². The Morgan fingerprint density at radius 1 is 1.24 bits per heavy atom. The van der Waals surface area contributed by atoms with Crippen molar-refractivity contribution in [3.8, 4) is 11.6 Å². The smallest absolute Gasteiger partial charge is 0.224 e. The summed E-state index contributed by atoms with van der Waals surface area (Å²) in [4.78, 5) is 9.80. The molecule has 0 saturated heterocycles. The minimum Gasteiger partial charge on any atom is -0.438 e. The van der Waals surface area contributed by atoms with Gasteiger partial charge in [-0.1, -0.05) is 12.1 Å². The zero-order chi connectivity index (χ0) is 15.1. The molecule has 112 valence electrons. The molecule has 1 heterocycles. The highest BCUT2D eigenvalue weighted by Crippen LogP contribution is 2.31. The van der Waals surface area contributed by atoms with Crippen LogP contribution in [0.4, 0.5) is 5.82 Å². The summed E-state index contributed by atoms with van der Waals surface area (Å²) in [6, 6.07) is 9.66. The number of para-hydroxylation sites is 1. The minimum absolute atomic E-state index is 0.347. The predicted molar refractivity (Wildman–Crippen MR) is 85.2 cm³/mol. The molecule has 0 radical (unpaired) electrons. The van der Waals surface area contributed by atoms with Gasteiger partial charge in [-0.25, -0.2) is 4.98 Å². The van der Waals surface area contributed by atoms with Gasteiger partial charge in [0.05, 0.1) is 0 Å². The number of methoxy groups -OCH3 is 1. The van der Waals surface area contributed by atoms with Gasteiger partial charge in [-0.15, -0.1) is 11.8 Å². The molecule has 1 aromatic carbocycles. The molecule has 0 bridgehead atoms. The summed E-state index contributed by atoms with van der Waals surface area (Å²) in [5.41, 5.74) is 0. The fourth-order valence-corrected chi connectivity index (χ4v) is 2.33. The molecule has 0 atom stereocenters. The zero-order valence-electron chi connectivity index (χ0n) is 12.4. The van der Waals surface area contributed by atoms with Crippen LogP contribution < -0.4 is 10.1 Å². The van der Waals surface area contributed by atoms with Crippen molar-refractivity contribution in [1.29, 1.82) is 0 Å². The van der Waals surface area contributed by atoms with Gasteiger partial charge in [-0.2, -0.15) is 4.98 Å². The van der Waals surface area contributed by atoms with Crippen molar-refractivity contribution in [2.45, 2.75) is 18.4 Å². The number of nitrogens with zero attached hydrogens (tertiary/aromatic N) is 2. The Morgan fingerprint density at radius 3 is 2.76 bits per heavy atom. The third-order valence-corrected chi connectivity index (χ3v) is 3.44. The van der Waals surface area contributed by atoms with Gasteiger partial charge in [-0.3, -0.25) is 0 Å². The molecule has 1 N–H and O–H groups in total. The molecule has 0 unspecified atom stereocenters. The van der Waals surface area contributed by atoms with Crippen molar-refractivity contribution in [2.75, 3.05) is 25.2 Å². The monoisotopic (exact) mass is 305 g/mol. The lowest BCUT2D eigenvalue weighted by Crippen LogP contribution is -2.05. The predicted octanol–water partition coefficient (Wildman–Crippen LogP) is 3.57. The van der Waals surface area contributed by atoms with E-state index in [2.05, 4.69) is 15.3 Å². The highest BCUT2D eigenvalue weighted by atomic mass is 32.2. The second-order valence-corrected chi connectivity index (χ2v) is 5.07. The number of ether oxygens (including phenoxy) is 2. The lowest BCUT2D eigenvalue weighted by Gasteiger charge is -2.11. The van der Waals surface area contributed by atoms with Crippen LogP contribution in [0, 0.1) is 0 Å². The molecular formula is C15H19N3O2S. The van der Waals surface area contributed by atoms with Crippen LogP contribution in [0.1, 0.15) is 12.7 Å². The van der Waals surface area contributed by atoms with Crippen LogP contribution >= 0.6 is 11.8 Å². The molecular weight excluding hydrogens is 286 g/mol. The SMILES string of the molecule is CCNc1cc(Oc2ccccc2SC)nc(COC)n1. The van der Waals surface area contributed by atoms with Gasteiger partial charge in [0.15, 0.2) is 5.82 Å². The first-order chi connectivity index (χ1) is 10.3. The minimum atomic E-state index is 0.347. The number of aromatic nitrogens is 2. The maximum Gasteiger partial charge on any atom is 0.224 e. The summed E-state index contributed by atoms with van der Waals surface area (Å²) in [6.07, 6.45) is 2.02. The fraction of sp³-hybridized carbons (Fsp3) is 0.333. The van der Waals surface area contributed by atoms with Gasteiger partial charge in [0.25, 0.3) is 0 Å². The van der Waals surface area contributed by atoms with E-state index in [1.54, 1.807) is 24.9 Å². The van der Waals surface area contributed by atoms with Crippen molar-refractivity contribution in [3.63, 3.8) is 0 Å². The third-order valence-electron chi connectivity index (χ3n) is 2.66. The summed E-state index contributed by atoms with van der Waals surface area (Å²) in [7, 11) is 1.62. The number of thioether (sulfide) groups is 1. The quantitative estimate of drug-likeness (QED) is 0.789. The van der Waals surface area contributed by atoms with E-state index in [1.807, 2.05) is 37.4 Å². The van der Waals surface area contributed by atoms with Crippen molar-refractivity contribution >= 4 is 17.6 Å². The van der Waals surface area contributed by atoms with Crippen LogP contribution in [0.15, 0.2) is 35.2 Å². The molecule has 2 aromatic rings. The molecule has 0 aliphatic rings. The fourth-order valence-electron chi connectivity index (χ4n) is 1.81. The van der Waals surface area contributed by atoms with Crippen LogP contribution in [0.25, 0.3) is 0 Å². The van der Waals surface area contributed by atoms with Crippen LogP contribution in [0.5, 0.6) is 11.6 Å². The molecule has 0 aliphatic heterocycles. The van der Waals surface area contributed by atoms with Crippen molar-refractivity contribution in [3.05, 3.63) is 36.2 Å². The number of rotatable bonds is 7. The highest BCUT2D eigenvalue weighted by Gasteiger charge is 2.08. The van der Waals surface area contributed by atoms with E-state index < -0.39 is 0 Å². The van der Waals surface area contributed by atoms with E-state index in [4.69, 9.17) is 9.47 Å². The molecule has 1 aromatic heterocycles. The molecule has 0 aliphatic carbocycles. The Bertz CT molecular complexity index is 569. The van der Waals surface area contributed by atoms with Crippen molar-refractivity contribution < 1.29 is 9.47 Å². The van der Waals surface area contributed by atoms with Gasteiger partial charge in [0.1, 0.15) is 18.2 Å². The number of anilines is 1. The van der Waals surface area contributed by atoms with Crippen molar-refractivity contribution in [2.24, 2.45) is 0 Å². The Morgan fingerprint density at radius 2 is 2.05 bits per heavy atom. The summed E-state index contributed by atoms with van der Waals surface area (Å²) < 4.78 is 11.0. The molecule has 0 saturated carbocycles. The first-order valence-electron chi connectivity index (χ1n) is 6.68. The van der Waals surface area contributed by atoms with Gasteiger partial charge >= 0.3 is 0 Å². The molecule has 5 nitrogen and oxygen atoms in total. The van der Waals surface area contributed by atoms with E-state index in [0.717, 1.165) is 23.0 Å². The molecule has 0 spiro atoms. The van der Waals surface area contributed by atoms with Gasteiger partial charge in [0, 0.05) is 24.6 Å². The average Bonchev–Trinajstić information content (AvgIpc) is 2.48. The van der Waals surface area contributed by atoms with E-state index in [9.17, 15) is 0 Å². The normalized spacial score (nSPS) is 10.4.